The molecule has 0 aliphatic carbocycles. The number of benzene rings is 2. The number of nitrogens with one attached hydrogen (secondary N) is 2. The lowest BCUT2D eigenvalue weighted by Gasteiger charge is -2.19. The zero-order chi connectivity index (χ0) is 26.9. The summed E-state index contributed by atoms with van der Waals surface area (Å²) in [7, 11) is 0.590. The predicted molar refractivity (Wildman–Crippen MR) is 146 cm³/mol. The summed E-state index contributed by atoms with van der Waals surface area (Å²) in [5.41, 5.74) is 3.72. The van der Waals surface area contributed by atoms with Crippen LogP contribution in [0.3, 0.4) is 0 Å². The molecule has 12 heteroatoms. The fourth-order valence-electron chi connectivity index (χ4n) is 3.99. The highest BCUT2D eigenvalue weighted by Crippen LogP contribution is 2.31. The molecular weight excluding hydrogens is 506 g/mol. The molecule has 0 saturated heterocycles. The van der Waals surface area contributed by atoms with Crippen molar-refractivity contribution in [3.63, 3.8) is 0 Å². The fraction of sp³-hybridized carbons (Fsp3) is 0.154. The standard InChI is InChI=1S/C26H25N7O4S/c1-32(22-13-14-27-25(29-22)28-18-11-9-17(10-12-18)16-38(3,35)36)19-6-4-7-20-23(19)30-26(33(20)2)31-24(34)21-8-5-15-37-21/h4-15H,16H2,1-3H3,(H,27,28,29)(H,30,31,34). The normalized spacial score (nSPS) is 11.4. The molecule has 0 spiro atoms. The van der Waals surface area contributed by atoms with Crippen molar-refractivity contribution in [1.82, 2.24) is 19.5 Å². The Morgan fingerprint density at radius 3 is 2.55 bits per heavy atom. The van der Waals surface area contributed by atoms with Gasteiger partial charge in [0.2, 0.25) is 11.9 Å². The first-order valence-corrected chi connectivity index (χ1v) is 13.6. The van der Waals surface area contributed by atoms with Gasteiger partial charge in [0, 0.05) is 32.2 Å². The van der Waals surface area contributed by atoms with Gasteiger partial charge in [-0.25, -0.2) is 18.4 Å². The number of fused-ring (bicyclic) bond motifs is 1. The molecule has 0 bridgehead atoms. The second kappa shape index (κ2) is 9.98. The van der Waals surface area contributed by atoms with E-state index >= 15 is 0 Å². The van der Waals surface area contributed by atoms with Crippen molar-refractivity contribution in [1.29, 1.82) is 0 Å². The highest BCUT2D eigenvalue weighted by atomic mass is 32.2. The van der Waals surface area contributed by atoms with Crippen molar-refractivity contribution in [2.24, 2.45) is 7.05 Å². The van der Waals surface area contributed by atoms with E-state index in [1.54, 1.807) is 53.2 Å². The summed E-state index contributed by atoms with van der Waals surface area (Å²) < 4.78 is 30.0. The average molecular weight is 532 g/mol. The Hall–Kier alpha value is -4.71. The molecule has 1 amide bonds. The number of aromatic nitrogens is 4. The number of carbonyl (C=O) groups excluding carboxylic acids is 1. The highest BCUT2D eigenvalue weighted by molar-refractivity contribution is 7.89. The maximum Gasteiger partial charge on any atom is 0.293 e. The molecule has 2 aromatic carbocycles. The van der Waals surface area contributed by atoms with Gasteiger partial charge in [-0.05, 0) is 48.0 Å². The van der Waals surface area contributed by atoms with Gasteiger partial charge in [-0.2, -0.15) is 4.98 Å². The van der Waals surface area contributed by atoms with Crippen LogP contribution in [0, 0.1) is 0 Å². The Labute approximate surface area is 219 Å². The number of hydrogen-bond donors (Lipinski definition) is 2. The van der Waals surface area contributed by atoms with Gasteiger partial charge < -0.3 is 19.2 Å². The van der Waals surface area contributed by atoms with Gasteiger partial charge in [0.15, 0.2) is 15.6 Å². The van der Waals surface area contributed by atoms with Crippen LogP contribution in [-0.4, -0.2) is 47.1 Å². The van der Waals surface area contributed by atoms with Crippen LogP contribution in [0.15, 0.2) is 77.5 Å². The number of carbonyl (C=O) groups is 1. The van der Waals surface area contributed by atoms with Crippen molar-refractivity contribution in [3.05, 3.63) is 84.4 Å². The lowest BCUT2D eigenvalue weighted by Crippen LogP contribution is -2.14. The monoisotopic (exact) mass is 531 g/mol. The van der Waals surface area contributed by atoms with Gasteiger partial charge >= 0.3 is 0 Å². The Morgan fingerprint density at radius 2 is 1.84 bits per heavy atom. The van der Waals surface area contributed by atoms with E-state index in [4.69, 9.17) is 4.42 Å². The Morgan fingerprint density at radius 1 is 1.05 bits per heavy atom. The van der Waals surface area contributed by atoms with Crippen LogP contribution >= 0.6 is 0 Å². The van der Waals surface area contributed by atoms with E-state index in [-0.39, 0.29) is 17.4 Å². The molecule has 0 atom stereocenters. The molecule has 0 unspecified atom stereocenters. The van der Waals surface area contributed by atoms with E-state index in [1.807, 2.05) is 37.2 Å². The van der Waals surface area contributed by atoms with Crippen molar-refractivity contribution >= 4 is 55.9 Å². The van der Waals surface area contributed by atoms with Gasteiger partial charge in [-0.1, -0.05) is 18.2 Å². The molecule has 11 nitrogen and oxygen atoms in total. The van der Waals surface area contributed by atoms with Crippen molar-refractivity contribution in [2.45, 2.75) is 5.75 Å². The number of imidazole rings is 1. The van der Waals surface area contributed by atoms with Crippen molar-refractivity contribution < 1.29 is 17.6 Å². The first kappa shape index (κ1) is 25.0. The number of aryl methyl sites for hydroxylation is 1. The number of nitrogens with zero attached hydrogens (tertiary/aromatic N) is 5. The van der Waals surface area contributed by atoms with E-state index in [1.165, 1.54) is 12.5 Å². The minimum absolute atomic E-state index is 0.0165. The van der Waals surface area contributed by atoms with Crippen LogP contribution in [-0.2, 0) is 22.6 Å². The van der Waals surface area contributed by atoms with Gasteiger partial charge in [0.1, 0.15) is 11.3 Å². The third-order valence-corrected chi connectivity index (χ3v) is 6.70. The largest absolute Gasteiger partial charge is 0.459 e. The quantitative estimate of drug-likeness (QED) is 0.301. The Kier molecular flexibility index (Phi) is 6.55. The SMILES string of the molecule is CN(c1ccnc(Nc2ccc(CS(C)(=O)=O)cc2)n1)c1cccc2c1nc(NC(=O)c1ccco1)n2C. The number of sulfone groups is 1. The van der Waals surface area contributed by atoms with Crippen LogP contribution in [0.2, 0.25) is 0 Å². The Bertz CT molecular complexity index is 1710. The van der Waals surface area contributed by atoms with Crippen LogP contribution in [0.4, 0.5) is 29.1 Å². The van der Waals surface area contributed by atoms with E-state index in [0.717, 1.165) is 16.9 Å². The molecule has 194 valence electrons. The molecule has 38 heavy (non-hydrogen) atoms. The topological polar surface area (TPSA) is 135 Å². The van der Waals surface area contributed by atoms with Gasteiger partial charge in [-0.3, -0.25) is 10.1 Å². The molecule has 0 saturated carbocycles. The van der Waals surface area contributed by atoms with Gasteiger partial charge in [-0.15, -0.1) is 0 Å². The second-order valence-corrected chi connectivity index (χ2v) is 10.9. The molecule has 0 radical (unpaired) electrons. The van der Waals surface area contributed by atoms with Crippen molar-refractivity contribution in [3.8, 4) is 0 Å². The van der Waals surface area contributed by atoms with Crippen LogP contribution in [0.25, 0.3) is 11.0 Å². The minimum Gasteiger partial charge on any atom is -0.459 e. The third kappa shape index (κ3) is 5.34. The zero-order valence-electron chi connectivity index (χ0n) is 20.9. The smallest absolute Gasteiger partial charge is 0.293 e. The molecule has 3 aromatic heterocycles. The summed E-state index contributed by atoms with van der Waals surface area (Å²) in [4.78, 5) is 28.0. The summed E-state index contributed by atoms with van der Waals surface area (Å²) in [6.45, 7) is 0. The number of rotatable bonds is 8. The third-order valence-electron chi connectivity index (χ3n) is 5.85. The maximum absolute atomic E-state index is 12.5. The number of amides is 1. The lowest BCUT2D eigenvalue weighted by molar-refractivity contribution is 0.0995. The molecule has 2 N–H and O–H groups in total. The molecule has 0 aliphatic rings. The van der Waals surface area contributed by atoms with Crippen molar-refractivity contribution in [2.75, 3.05) is 28.8 Å². The van der Waals surface area contributed by atoms with E-state index in [0.29, 0.717) is 28.8 Å². The van der Waals surface area contributed by atoms with Crippen LogP contribution < -0.4 is 15.5 Å². The number of furan rings is 1. The summed E-state index contributed by atoms with van der Waals surface area (Å²) in [5.74, 6) is 1.17. The minimum atomic E-state index is -3.11. The first-order valence-electron chi connectivity index (χ1n) is 11.6. The van der Waals surface area contributed by atoms with E-state index in [9.17, 15) is 13.2 Å². The zero-order valence-corrected chi connectivity index (χ0v) is 21.7. The molecule has 5 aromatic rings. The molecule has 5 rings (SSSR count). The average Bonchev–Trinajstić information content (AvgIpc) is 3.53. The fourth-order valence-corrected chi connectivity index (χ4v) is 4.79. The van der Waals surface area contributed by atoms with E-state index < -0.39 is 9.84 Å². The molecular formula is C26H25N7O4S. The highest BCUT2D eigenvalue weighted by Gasteiger charge is 2.18. The maximum atomic E-state index is 12.5. The summed E-state index contributed by atoms with van der Waals surface area (Å²) in [5, 5.41) is 5.94. The molecule has 0 aliphatic heterocycles. The first-order chi connectivity index (χ1) is 18.2. The number of anilines is 5. The lowest BCUT2D eigenvalue weighted by atomic mass is 10.2. The van der Waals surface area contributed by atoms with Crippen LogP contribution in [0.1, 0.15) is 16.1 Å². The second-order valence-electron chi connectivity index (χ2n) is 8.76. The van der Waals surface area contributed by atoms with Crippen LogP contribution in [0.5, 0.6) is 0 Å². The molecule has 0 fully saturated rings. The number of para-hydroxylation sites is 1. The summed E-state index contributed by atoms with van der Waals surface area (Å²) >= 11 is 0. The Balaban J connectivity index is 1.38. The summed E-state index contributed by atoms with van der Waals surface area (Å²) in [6, 6.07) is 17.8. The molecule has 3 heterocycles. The summed E-state index contributed by atoms with van der Waals surface area (Å²) in [6.07, 6.45) is 4.29. The predicted octanol–water partition coefficient (Wildman–Crippen LogP) is 4.26. The van der Waals surface area contributed by atoms with E-state index in [2.05, 4.69) is 25.6 Å². The van der Waals surface area contributed by atoms with Gasteiger partial charge in [0.25, 0.3) is 5.91 Å². The number of hydrogen-bond acceptors (Lipinski definition) is 9. The van der Waals surface area contributed by atoms with Gasteiger partial charge in [0.05, 0.1) is 23.2 Å².